The van der Waals surface area contributed by atoms with E-state index in [0.717, 1.165) is 43.8 Å². The number of ether oxygens (including phenoxy) is 1. The molecule has 0 bridgehead atoms. The Hall–Kier alpha value is -2.29. The van der Waals surface area contributed by atoms with E-state index in [1.165, 1.54) is 0 Å². The summed E-state index contributed by atoms with van der Waals surface area (Å²) < 4.78 is 5.59. The number of amides is 3. The Labute approximate surface area is 169 Å². The van der Waals surface area contributed by atoms with E-state index in [-0.39, 0.29) is 29.7 Å². The Morgan fingerprint density at radius 1 is 1.24 bits per heavy atom. The average Bonchev–Trinajstić information content (AvgIpc) is 3.18. The minimum absolute atomic E-state index is 0.133. The summed E-state index contributed by atoms with van der Waals surface area (Å²) in [6.45, 7) is 4.39. The SMILES string of the molecule is NC12COCCC1CN(Cc1ccc3c(c1)CN(C1CCC(=O)NC1=O)C3=O)C2. The zero-order valence-corrected chi connectivity index (χ0v) is 16.4. The first-order valence-electron chi connectivity index (χ1n) is 10.3. The van der Waals surface area contributed by atoms with Crippen molar-refractivity contribution in [1.29, 1.82) is 0 Å². The zero-order chi connectivity index (χ0) is 20.2. The standard InChI is InChI=1S/C21H26N4O4/c22-21-11-24(10-15(21)5-6-29-12-21)8-13-1-2-16-14(7-13)9-25(20(16)28)17-3-4-18(26)23-19(17)27/h1-2,7,15,17H,3-6,8-12,22H2,(H,23,26,27). The number of hydrogen-bond donors (Lipinski definition) is 2. The lowest BCUT2D eigenvalue weighted by Crippen LogP contribution is -2.54. The van der Waals surface area contributed by atoms with Crippen LogP contribution in [0.2, 0.25) is 0 Å². The number of nitrogens with zero attached hydrogens (tertiary/aromatic N) is 2. The molecule has 154 valence electrons. The summed E-state index contributed by atoms with van der Waals surface area (Å²) in [5.41, 5.74) is 9.04. The number of benzene rings is 1. The minimum atomic E-state index is -0.574. The fourth-order valence-corrected chi connectivity index (χ4v) is 5.24. The maximum absolute atomic E-state index is 12.8. The van der Waals surface area contributed by atoms with E-state index in [9.17, 15) is 14.4 Å². The predicted molar refractivity (Wildman–Crippen MR) is 104 cm³/mol. The second-order valence-corrected chi connectivity index (χ2v) is 8.83. The molecule has 1 aromatic rings. The number of carbonyl (C=O) groups excluding carboxylic acids is 3. The van der Waals surface area contributed by atoms with Crippen molar-refractivity contribution in [1.82, 2.24) is 15.1 Å². The molecule has 3 N–H and O–H groups in total. The summed E-state index contributed by atoms with van der Waals surface area (Å²) >= 11 is 0. The number of fused-ring (bicyclic) bond motifs is 2. The predicted octanol–water partition coefficient (Wildman–Crippen LogP) is -0.00280. The van der Waals surface area contributed by atoms with Crippen molar-refractivity contribution in [3.63, 3.8) is 0 Å². The molecule has 8 heteroatoms. The third-order valence-corrected chi connectivity index (χ3v) is 6.79. The molecule has 5 rings (SSSR count). The maximum atomic E-state index is 12.8. The molecule has 0 saturated carbocycles. The van der Waals surface area contributed by atoms with Crippen molar-refractivity contribution in [3.8, 4) is 0 Å². The number of imide groups is 1. The normalized spacial score (nSPS) is 32.3. The molecule has 29 heavy (non-hydrogen) atoms. The third-order valence-electron chi connectivity index (χ3n) is 6.79. The lowest BCUT2D eigenvalue weighted by atomic mass is 9.85. The van der Waals surface area contributed by atoms with Gasteiger partial charge in [0.2, 0.25) is 11.8 Å². The van der Waals surface area contributed by atoms with Gasteiger partial charge in [0.05, 0.1) is 12.1 Å². The van der Waals surface area contributed by atoms with Crippen LogP contribution < -0.4 is 11.1 Å². The molecule has 1 aromatic carbocycles. The Morgan fingerprint density at radius 3 is 2.90 bits per heavy atom. The maximum Gasteiger partial charge on any atom is 0.255 e. The third kappa shape index (κ3) is 3.25. The largest absolute Gasteiger partial charge is 0.379 e. The number of nitrogens with two attached hydrogens (primary N) is 1. The lowest BCUT2D eigenvalue weighted by Gasteiger charge is -2.34. The van der Waals surface area contributed by atoms with Gasteiger partial charge in [-0.1, -0.05) is 12.1 Å². The molecule has 0 aromatic heterocycles. The fraction of sp³-hybridized carbons (Fsp3) is 0.571. The van der Waals surface area contributed by atoms with Crippen LogP contribution in [0.15, 0.2) is 18.2 Å². The van der Waals surface area contributed by atoms with Crippen LogP contribution in [0.1, 0.15) is 40.7 Å². The first-order valence-corrected chi connectivity index (χ1v) is 10.3. The first kappa shape index (κ1) is 18.7. The quantitative estimate of drug-likeness (QED) is 0.695. The van der Waals surface area contributed by atoms with E-state index in [0.29, 0.717) is 31.1 Å². The van der Waals surface area contributed by atoms with Crippen molar-refractivity contribution in [2.75, 3.05) is 26.3 Å². The Bertz CT molecular complexity index is 887. The van der Waals surface area contributed by atoms with Crippen molar-refractivity contribution in [2.45, 2.75) is 43.9 Å². The van der Waals surface area contributed by atoms with E-state index in [1.807, 2.05) is 12.1 Å². The van der Waals surface area contributed by atoms with Gasteiger partial charge >= 0.3 is 0 Å². The van der Waals surface area contributed by atoms with E-state index in [4.69, 9.17) is 10.5 Å². The monoisotopic (exact) mass is 398 g/mol. The molecule has 3 saturated heterocycles. The Balaban J connectivity index is 1.29. The van der Waals surface area contributed by atoms with Gasteiger partial charge in [-0.25, -0.2) is 0 Å². The summed E-state index contributed by atoms with van der Waals surface area (Å²) in [6, 6.07) is 5.35. The topological polar surface area (TPSA) is 105 Å². The molecule has 3 unspecified atom stereocenters. The van der Waals surface area contributed by atoms with Crippen LogP contribution in [0.5, 0.6) is 0 Å². The molecule has 0 radical (unpaired) electrons. The highest BCUT2D eigenvalue weighted by Crippen LogP contribution is 2.33. The van der Waals surface area contributed by atoms with Gasteiger partial charge in [-0.05, 0) is 36.0 Å². The number of hydrogen-bond acceptors (Lipinski definition) is 6. The van der Waals surface area contributed by atoms with Gasteiger partial charge in [-0.2, -0.15) is 0 Å². The van der Waals surface area contributed by atoms with Crippen molar-refractivity contribution >= 4 is 17.7 Å². The van der Waals surface area contributed by atoms with Crippen molar-refractivity contribution in [2.24, 2.45) is 11.7 Å². The highest BCUT2D eigenvalue weighted by atomic mass is 16.5. The fourth-order valence-electron chi connectivity index (χ4n) is 5.24. The molecule has 0 aliphatic carbocycles. The Morgan fingerprint density at radius 2 is 2.10 bits per heavy atom. The van der Waals surface area contributed by atoms with Crippen molar-refractivity contribution in [3.05, 3.63) is 34.9 Å². The highest BCUT2D eigenvalue weighted by Gasteiger charge is 2.45. The van der Waals surface area contributed by atoms with Gasteiger partial charge in [0.15, 0.2) is 0 Å². The van der Waals surface area contributed by atoms with E-state index >= 15 is 0 Å². The molecular weight excluding hydrogens is 372 g/mol. The van der Waals surface area contributed by atoms with Crippen LogP contribution in [0.4, 0.5) is 0 Å². The van der Waals surface area contributed by atoms with Crippen LogP contribution in [0.25, 0.3) is 0 Å². The molecule has 3 amide bonds. The first-order chi connectivity index (χ1) is 13.9. The van der Waals surface area contributed by atoms with Crippen LogP contribution in [0, 0.1) is 5.92 Å². The summed E-state index contributed by atoms with van der Waals surface area (Å²) in [4.78, 5) is 40.4. The molecule has 4 aliphatic rings. The van der Waals surface area contributed by atoms with Crippen LogP contribution in [-0.2, 0) is 27.4 Å². The van der Waals surface area contributed by atoms with Gasteiger partial charge in [0.1, 0.15) is 6.04 Å². The molecular formula is C21H26N4O4. The number of piperidine rings is 1. The van der Waals surface area contributed by atoms with Crippen LogP contribution in [-0.4, -0.2) is 65.4 Å². The number of likely N-dealkylation sites (tertiary alicyclic amines) is 1. The molecule has 3 atom stereocenters. The summed E-state index contributed by atoms with van der Waals surface area (Å²) in [5, 5.41) is 2.34. The van der Waals surface area contributed by atoms with E-state index < -0.39 is 6.04 Å². The second kappa shape index (κ2) is 6.90. The average molecular weight is 398 g/mol. The zero-order valence-electron chi connectivity index (χ0n) is 16.4. The van der Waals surface area contributed by atoms with Gasteiger partial charge in [-0.3, -0.25) is 24.6 Å². The molecule has 4 heterocycles. The lowest BCUT2D eigenvalue weighted by molar-refractivity contribution is -0.136. The van der Waals surface area contributed by atoms with E-state index in [1.54, 1.807) is 4.90 Å². The number of rotatable bonds is 3. The summed E-state index contributed by atoms with van der Waals surface area (Å²) in [5.74, 6) is -0.314. The van der Waals surface area contributed by atoms with Crippen LogP contribution in [0.3, 0.4) is 0 Å². The summed E-state index contributed by atoms with van der Waals surface area (Å²) in [7, 11) is 0. The van der Waals surface area contributed by atoms with Gasteiger partial charge < -0.3 is 15.4 Å². The minimum Gasteiger partial charge on any atom is -0.379 e. The molecule has 4 aliphatic heterocycles. The van der Waals surface area contributed by atoms with Gasteiger partial charge in [0, 0.05) is 44.8 Å². The molecule has 0 spiro atoms. The molecule has 3 fully saturated rings. The number of nitrogens with one attached hydrogen (secondary N) is 1. The number of carbonyl (C=O) groups is 3. The van der Waals surface area contributed by atoms with Crippen molar-refractivity contribution < 1.29 is 19.1 Å². The van der Waals surface area contributed by atoms with Gasteiger partial charge in [-0.15, -0.1) is 0 Å². The smallest absolute Gasteiger partial charge is 0.255 e. The Kier molecular flexibility index (Phi) is 4.45. The highest BCUT2D eigenvalue weighted by molar-refractivity contribution is 6.05. The molecule has 8 nitrogen and oxygen atoms in total. The summed E-state index contributed by atoms with van der Waals surface area (Å²) in [6.07, 6.45) is 1.65. The second-order valence-electron chi connectivity index (χ2n) is 8.83. The van der Waals surface area contributed by atoms with Gasteiger partial charge in [0.25, 0.3) is 5.91 Å². The van der Waals surface area contributed by atoms with E-state index in [2.05, 4.69) is 16.3 Å². The van der Waals surface area contributed by atoms with Crippen LogP contribution >= 0.6 is 0 Å².